The fourth-order valence-electron chi connectivity index (χ4n) is 2.82. The molecular formula is C17H20ClN3O2S. The fraction of sp³-hybridized carbons (Fsp3) is 0.471. The summed E-state index contributed by atoms with van der Waals surface area (Å²) >= 11 is 7.74. The molecule has 0 radical (unpaired) electrons. The molecular weight excluding hydrogens is 346 g/mol. The van der Waals surface area contributed by atoms with Gasteiger partial charge in [0.2, 0.25) is 11.8 Å². The quantitative estimate of drug-likeness (QED) is 0.809. The minimum atomic E-state index is 0.190. The Hall–Kier alpha value is -1.53. The zero-order valence-corrected chi connectivity index (χ0v) is 15.1. The molecule has 0 aliphatic carbocycles. The van der Waals surface area contributed by atoms with Gasteiger partial charge < -0.3 is 9.42 Å². The maximum Gasteiger partial charge on any atom is 0.232 e. The maximum atomic E-state index is 12.3. The molecule has 1 saturated heterocycles. The molecule has 0 spiro atoms. The number of aromatic nitrogens is 2. The van der Waals surface area contributed by atoms with Gasteiger partial charge in [-0.25, -0.2) is 0 Å². The standard InChI is InChI=1S/C17H20ClN3O2S/c1-12-19-17(20-23-12)13-6-8-21(9-7-13)16(22)11-24-10-14-4-2-3-5-15(14)18/h2-5,13H,6-11H2,1H3. The van der Waals surface area contributed by atoms with E-state index < -0.39 is 0 Å². The van der Waals surface area contributed by atoms with Gasteiger partial charge in [-0.3, -0.25) is 4.79 Å². The molecule has 0 bridgehead atoms. The first-order valence-electron chi connectivity index (χ1n) is 8.02. The van der Waals surface area contributed by atoms with E-state index in [0.717, 1.165) is 48.1 Å². The highest BCUT2D eigenvalue weighted by molar-refractivity contribution is 7.99. The second-order valence-electron chi connectivity index (χ2n) is 5.91. The van der Waals surface area contributed by atoms with Gasteiger partial charge in [0.25, 0.3) is 0 Å². The molecule has 0 N–H and O–H groups in total. The molecule has 1 amide bonds. The average molecular weight is 366 g/mol. The Kier molecular flexibility index (Phi) is 5.79. The molecule has 24 heavy (non-hydrogen) atoms. The van der Waals surface area contributed by atoms with Crippen LogP contribution in [0.5, 0.6) is 0 Å². The van der Waals surface area contributed by atoms with E-state index in [9.17, 15) is 4.79 Å². The minimum absolute atomic E-state index is 0.190. The molecule has 0 saturated carbocycles. The van der Waals surface area contributed by atoms with E-state index in [2.05, 4.69) is 10.1 Å². The second kappa shape index (κ2) is 8.03. The lowest BCUT2D eigenvalue weighted by atomic mass is 9.96. The molecule has 1 aromatic heterocycles. The van der Waals surface area contributed by atoms with E-state index in [1.54, 1.807) is 18.7 Å². The van der Waals surface area contributed by atoms with Crippen LogP contribution in [0.2, 0.25) is 5.02 Å². The summed E-state index contributed by atoms with van der Waals surface area (Å²) in [5.74, 6) is 3.09. The van der Waals surface area contributed by atoms with Gasteiger partial charge in [0.05, 0.1) is 5.75 Å². The molecule has 3 rings (SSSR count). The lowest BCUT2D eigenvalue weighted by Crippen LogP contribution is -2.39. The van der Waals surface area contributed by atoms with Gasteiger partial charge in [0, 0.05) is 36.7 Å². The van der Waals surface area contributed by atoms with Crippen LogP contribution in [0.4, 0.5) is 0 Å². The van der Waals surface area contributed by atoms with Gasteiger partial charge in [0.1, 0.15) is 0 Å². The van der Waals surface area contributed by atoms with Crippen LogP contribution >= 0.6 is 23.4 Å². The summed E-state index contributed by atoms with van der Waals surface area (Å²) in [6.07, 6.45) is 1.78. The highest BCUT2D eigenvalue weighted by Gasteiger charge is 2.26. The number of thioether (sulfide) groups is 1. The van der Waals surface area contributed by atoms with E-state index in [0.29, 0.717) is 17.6 Å². The van der Waals surface area contributed by atoms with Crippen molar-refractivity contribution in [3.8, 4) is 0 Å². The van der Waals surface area contributed by atoms with E-state index in [4.69, 9.17) is 16.1 Å². The number of amides is 1. The average Bonchev–Trinajstić information content (AvgIpc) is 3.03. The van der Waals surface area contributed by atoms with Crippen LogP contribution in [-0.4, -0.2) is 39.8 Å². The number of halogens is 1. The molecule has 5 nitrogen and oxygen atoms in total. The second-order valence-corrected chi connectivity index (χ2v) is 7.30. The van der Waals surface area contributed by atoms with Crippen molar-refractivity contribution < 1.29 is 9.32 Å². The number of carbonyl (C=O) groups is 1. The zero-order valence-electron chi connectivity index (χ0n) is 13.6. The number of hydrogen-bond acceptors (Lipinski definition) is 5. The molecule has 1 aromatic carbocycles. The number of benzene rings is 1. The number of hydrogen-bond donors (Lipinski definition) is 0. The third-order valence-electron chi connectivity index (χ3n) is 4.20. The third-order valence-corrected chi connectivity index (χ3v) is 5.53. The van der Waals surface area contributed by atoms with E-state index in [1.807, 2.05) is 29.2 Å². The number of rotatable bonds is 5. The Balaban J connectivity index is 1.43. The van der Waals surface area contributed by atoms with Gasteiger partial charge in [-0.1, -0.05) is 35.0 Å². The summed E-state index contributed by atoms with van der Waals surface area (Å²) < 4.78 is 5.04. The van der Waals surface area contributed by atoms with Crippen molar-refractivity contribution in [2.24, 2.45) is 0 Å². The van der Waals surface area contributed by atoms with Gasteiger partial charge in [0.15, 0.2) is 5.82 Å². The topological polar surface area (TPSA) is 59.2 Å². The lowest BCUT2D eigenvalue weighted by Gasteiger charge is -2.30. The number of nitrogens with zero attached hydrogens (tertiary/aromatic N) is 3. The molecule has 2 aromatic rings. The Bertz CT molecular complexity index is 699. The number of aryl methyl sites for hydroxylation is 1. The number of piperidine rings is 1. The monoisotopic (exact) mass is 365 g/mol. The smallest absolute Gasteiger partial charge is 0.232 e. The molecule has 0 unspecified atom stereocenters. The summed E-state index contributed by atoms with van der Waals surface area (Å²) in [5.41, 5.74) is 1.07. The van der Waals surface area contributed by atoms with Gasteiger partial charge in [-0.2, -0.15) is 4.98 Å². The highest BCUT2D eigenvalue weighted by Crippen LogP contribution is 2.27. The van der Waals surface area contributed by atoms with Crippen LogP contribution in [-0.2, 0) is 10.5 Å². The van der Waals surface area contributed by atoms with Gasteiger partial charge in [-0.05, 0) is 24.5 Å². The first-order valence-corrected chi connectivity index (χ1v) is 9.56. The van der Waals surface area contributed by atoms with E-state index in [-0.39, 0.29) is 5.91 Å². The van der Waals surface area contributed by atoms with Crippen LogP contribution in [0, 0.1) is 6.92 Å². The van der Waals surface area contributed by atoms with Crippen molar-refractivity contribution in [1.82, 2.24) is 15.0 Å². The van der Waals surface area contributed by atoms with Crippen molar-refractivity contribution in [2.75, 3.05) is 18.8 Å². The van der Waals surface area contributed by atoms with Gasteiger partial charge in [-0.15, -0.1) is 11.8 Å². The Morgan fingerprint density at radius 3 is 2.79 bits per heavy atom. The number of likely N-dealkylation sites (tertiary alicyclic amines) is 1. The summed E-state index contributed by atoms with van der Waals surface area (Å²) in [7, 11) is 0. The van der Waals surface area contributed by atoms with Crippen molar-refractivity contribution in [1.29, 1.82) is 0 Å². The number of carbonyl (C=O) groups excluding carboxylic acids is 1. The van der Waals surface area contributed by atoms with Crippen molar-refractivity contribution in [2.45, 2.75) is 31.4 Å². The minimum Gasteiger partial charge on any atom is -0.342 e. The summed E-state index contributed by atoms with van der Waals surface area (Å²) in [5, 5.41) is 4.75. The predicted octanol–water partition coefficient (Wildman–Crippen LogP) is 3.67. The van der Waals surface area contributed by atoms with Crippen LogP contribution in [0.25, 0.3) is 0 Å². The molecule has 7 heteroatoms. The molecule has 0 atom stereocenters. The van der Waals surface area contributed by atoms with E-state index >= 15 is 0 Å². The molecule has 1 aliphatic heterocycles. The molecule has 128 valence electrons. The fourth-order valence-corrected chi connectivity index (χ4v) is 4.04. The van der Waals surface area contributed by atoms with Crippen LogP contribution < -0.4 is 0 Å². The van der Waals surface area contributed by atoms with Crippen molar-refractivity contribution in [3.05, 3.63) is 46.6 Å². The third kappa shape index (κ3) is 4.30. The first-order chi connectivity index (χ1) is 11.6. The van der Waals surface area contributed by atoms with Crippen LogP contribution in [0.1, 0.15) is 36.0 Å². The Labute approximate surface area is 150 Å². The molecule has 2 heterocycles. The summed E-state index contributed by atoms with van der Waals surface area (Å²) in [6, 6.07) is 7.76. The van der Waals surface area contributed by atoms with Gasteiger partial charge >= 0.3 is 0 Å². The Morgan fingerprint density at radius 2 is 2.12 bits per heavy atom. The van der Waals surface area contributed by atoms with Crippen molar-refractivity contribution >= 4 is 29.3 Å². The molecule has 1 fully saturated rings. The summed E-state index contributed by atoms with van der Waals surface area (Å²) in [4.78, 5) is 18.6. The SMILES string of the molecule is Cc1nc(C2CCN(C(=O)CSCc3ccccc3Cl)CC2)no1. The first kappa shape index (κ1) is 17.3. The normalized spacial score (nSPS) is 15.7. The maximum absolute atomic E-state index is 12.3. The van der Waals surface area contributed by atoms with E-state index in [1.165, 1.54) is 0 Å². The summed E-state index contributed by atoms with van der Waals surface area (Å²) in [6.45, 7) is 3.30. The van der Waals surface area contributed by atoms with Crippen molar-refractivity contribution in [3.63, 3.8) is 0 Å². The largest absolute Gasteiger partial charge is 0.342 e. The highest BCUT2D eigenvalue weighted by atomic mass is 35.5. The van der Waals surface area contributed by atoms with Crippen LogP contribution in [0.3, 0.4) is 0 Å². The Morgan fingerprint density at radius 1 is 1.38 bits per heavy atom. The lowest BCUT2D eigenvalue weighted by molar-refractivity contribution is -0.129. The van der Waals surface area contributed by atoms with Crippen LogP contribution in [0.15, 0.2) is 28.8 Å². The predicted molar refractivity (Wildman–Crippen MR) is 95.2 cm³/mol. The zero-order chi connectivity index (χ0) is 16.9. The molecule has 1 aliphatic rings.